The number of methoxy groups -OCH3 is 1. The molecular weight excluding hydrogens is 252 g/mol. The zero-order chi connectivity index (χ0) is 14.0. The van der Waals surface area contributed by atoms with Crippen molar-refractivity contribution >= 4 is 5.97 Å². The van der Waals surface area contributed by atoms with Gasteiger partial charge in [-0.15, -0.1) is 0 Å². The van der Waals surface area contributed by atoms with E-state index in [0.717, 1.165) is 10.9 Å². The van der Waals surface area contributed by atoms with Crippen LogP contribution in [-0.2, 0) is 0 Å². The Morgan fingerprint density at radius 2 is 2.16 bits per heavy atom. The first kappa shape index (κ1) is 12.6. The average Bonchev–Trinajstić information content (AvgIpc) is 2.41. The fourth-order valence-electron chi connectivity index (χ4n) is 1.50. The van der Waals surface area contributed by atoms with Crippen LogP contribution in [-0.4, -0.2) is 33.1 Å². The highest BCUT2D eigenvalue weighted by Crippen LogP contribution is 2.16. The number of hydrogen-bond donors (Lipinski definition) is 2. The van der Waals surface area contributed by atoms with Gasteiger partial charge in [-0.2, -0.15) is 5.10 Å². The molecule has 0 aliphatic heterocycles. The van der Waals surface area contributed by atoms with Crippen molar-refractivity contribution in [3.8, 4) is 17.2 Å². The Labute approximate surface area is 107 Å². The second-order valence-electron chi connectivity index (χ2n) is 3.64. The fourth-order valence-corrected chi connectivity index (χ4v) is 1.50. The van der Waals surface area contributed by atoms with Gasteiger partial charge in [-0.05, 0) is 12.1 Å². The van der Waals surface area contributed by atoms with Crippen molar-refractivity contribution in [2.24, 2.45) is 0 Å². The molecule has 1 heterocycles. The Balaban J connectivity index is 2.62. The molecule has 2 N–H and O–H groups in total. The van der Waals surface area contributed by atoms with Crippen LogP contribution in [0.5, 0.6) is 11.5 Å². The predicted octanol–water partition coefficient (Wildman–Crippen LogP) is 0.645. The van der Waals surface area contributed by atoms with Crippen molar-refractivity contribution in [1.82, 2.24) is 9.78 Å². The monoisotopic (exact) mass is 262 g/mol. The van der Waals surface area contributed by atoms with Gasteiger partial charge in [0.25, 0.3) is 5.43 Å². The molecule has 0 amide bonds. The summed E-state index contributed by atoms with van der Waals surface area (Å²) in [5.41, 5.74) is -1.31. The number of ether oxygens (including phenoxy) is 1. The lowest BCUT2D eigenvalue weighted by molar-refractivity contribution is 0.0686. The van der Waals surface area contributed by atoms with Gasteiger partial charge >= 0.3 is 5.97 Å². The highest BCUT2D eigenvalue weighted by Gasteiger charge is 2.16. The molecule has 0 aliphatic carbocycles. The SMILES string of the molecule is COc1cccc(-n2cc(O)c(=O)c(C(=O)O)n2)c1. The number of carbonyl (C=O) groups is 1. The van der Waals surface area contributed by atoms with Crippen LogP contribution in [0, 0.1) is 0 Å². The molecule has 0 saturated heterocycles. The summed E-state index contributed by atoms with van der Waals surface area (Å²) in [4.78, 5) is 22.3. The van der Waals surface area contributed by atoms with Crippen LogP contribution in [0.15, 0.2) is 35.3 Å². The molecule has 0 radical (unpaired) electrons. The quantitative estimate of drug-likeness (QED) is 0.841. The van der Waals surface area contributed by atoms with Crippen molar-refractivity contribution in [2.75, 3.05) is 7.11 Å². The zero-order valence-corrected chi connectivity index (χ0v) is 9.90. The molecule has 0 unspecified atom stereocenters. The van der Waals surface area contributed by atoms with Gasteiger partial charge < -0.3 is 14.9 Å². The second kappa shape index (κ2) is 4.81. The average molecular weight is 262 g/mol. The van der Waals surface area contributed by atoms with Gasteiger partial charge in [0, 0.05) is 6.07 Å². The number of aromatic nitrogens is 2. The molecule has 0 bridgehead atoms. The maximum atomic E-state index is 11.4. The van der Waals surface area contributed by atoms with E-state index in [4.69, 9.17) is 9.84 Å². The van der Waals surface area contributed by atoms with E-state index in [1.54, 1.807) is 24.3 Å². The predicted molar refractivity (Wildman–Crippen MR) is 65.0 cm³/mol. The van der Waals surface area contributed by atoms with Crippen LogP contribution in [0.4, 0.5) is 0 Å². The molecule has 19 heavy (non-hydrogen) atoms. The Hall–Kier alpha value is -2.83. The van der Waals surface area contributed by atoms with E-state index in [0.29, 0.717) is 11.4 Å². The standard InChI is InChI=1S/C12H10N2O5/c1-19-8-4-2-3-7(5-8)14-6-9(15)11(16)10(13-14)12(17)18/h2-6,15H,1H3,(H,17,18). The van der Waals surface area contributed by atoms with E-state index in [1.807, 2.05) is 0 Å². The summed E-state index contributed by atoms with van der Waals surface area (Å²) in [6.45, 7) is 0. The zero-order valence-electron chi connectivity index (χ0n) is 9.90. The van der Waals surface area contributed by atoms with Gasteiger partial charge in [-0.25, -0.2) is 9.48 Å². The maximum Gasteiger partial charge on any atom is 0.360 e. The van der Waals surface area contributed by atoms with Crippen LogP contribution < -0.4 is 10.2 Å². The molecule has 2 rings (SSSR count). The van der Waals surface area contributed by atoms with E-state index in [2.05, 4.69) is 5.10 Å². The Morgan fingerprint density at radius 1 is 1.42 bits per heavy atom. The number of rotatable bonds is 3. The van der Waals surface area contributed by atoms with Crippen LogP contribution in [0.25, 0.3) is 5.69 Å². The van der Waals surface area contributed by atoms with Gasteiger partial charge in [0.05, 0.1) is 19.0 Å². The Kier molecular flexibility index (Phi) is 3.19. The smallest absolute Gasteiger partial charge is 0.360 e. The van der Waals surface area contributed by atoms with Gasteiger partial charge in [0.2, 0.25) is 5.69 Å². The minimum Gasteiger partial charge on any atom is -0.503 e. The summed E-state index contributed by atoms with van der Waals surface area (Å²) in [6.07, 6.45) is 1.05. The second-order valence-corrected chi connectivity index (χ2v) is 3.64. The molecule has 0 spiro atoms. The lowest BCUT2D eigenvalue weighted by Crippen LogP contribution is -2.20. The normalized spacial score (nSPS) is 10.2. The molecule has 7 nitrogen and oxygen atoms in total. The van der Waals surface area contributed by atoms with Crippen molar-refractivity contribution in [3.63, 3.8) is 0 Å². The summed E-state index contributed by atoms with van der Waals surface area (Å²) in [7, 11) is 1.48. The third-order valence-electron chi connectivity index (χ3n) is 2.42. The van der Waals surface area contributed by atoms with Crippen LogP contribution in [0.2, 0.25) is 0 Å². The first-order valence-electron chi connectivity index (χ1n) is 5.23. The number of nitrogens with zero attached hydrogens (tertiary/aromatic N) is 2. The van der Waals surface area contributed by atoms with Crippen molar-refractivity contribution in [1.29, 1.82) is 0 Å². The van der Waals surface area contributed by atoms with Gasteiger partial charge in [0.15, 0.2) is 5.75 Å². The minimum atomic E-state index is -1.50. The van der Waals surface area contributed by atoms with Gasteiger partial charge in [-0.3, -0.25) is 4.79 Å². The van der Waals surface area contributed by atoms with Crippen molar-refractivity contribution in [2.45, 2.75) is 0 Å². The van der Waals surface area contributed by atoms with Gasteiger partial charge in [0.1, 0.15) is 5.75 Å². The number of hydrogen-bond acceptors (Lipinski definition) is 5. The van der Waals surface area contributed by atoms with Crippen LogP contribution in [0.1, 0.15) is 10.5 Å². The minimum absolute atomic E-state index is 0.456. The molecule has 7 heteroatoms. The Morgan fingerprint density at radius 3 is 2.79 bits per heavy atom. The largest absolute Gasteiger partial charge is 0.503 e. The molecule has 0 saturated carbocycles. The third kappa shape index (κ3) is 2.39. The summed E-state index contributed by atoms with van der Waals surface area (Å²) in [6, 6.07) is 6.59. The lowest BCUT2D eigenvalue weighted by Gasteiger charge is -2.08. The highest BCUT2D eigenvalue weighted by molar-refractivity contribution is 5.85. The van der Waals surface area contributed by atoms with E-state index in [1.165, 1.54) is 7.11 Å². The summed E-state index contributed by atoms with van der Waals surface area (Å²) >= 11 is 0. The number of benzene rings is 1. The molecule has 1 aromatic carbocycles. The maximum absolute atomic E-state index is 11.4. The highest BCUT2D eigenvalue weighted by atomic mass is 16.5. The molecule has 98 valence electrons. The summed E-state index contributed by atoms with van der Waals surface area (Å²) < 4.78 is 6.13. The summed E-state index contributed by atoms with van der Waals surface area (Å²) in [5.74, 6) is -1.65. The fraction of sp³-hybridized carbons (Fsp3) is 0.0833. The van der Waals surface area contributed by atoms with Crippen molar-refractivity contribution in [3.05, 3.63) is 46.4 Å². The molecule has 0 atom stereocenters. The first-order chi connectivity index (χ1) is 9.02. The van der Waals surface area contributed by atoms with Crippen molar-refractivity contribution < 1.29 is 19.7 Å². The summed E-state index contributed by atoms with van der Waals surface area (Å²) in [5, 5.41) is 22.0. The molecular formula is C12H10N2O5. The molecule has 2 aromatic rings. The number of carboxylic acids is 1. The molecule has 0 aliphatic rings. The van der Waals surface area contributed by atoms with Gasteiger partial charge in [-0.1, -0.05) is 6.07 Å². The van der Waals surface area contributed by atoms with Crippen LogP contribution in [0.3, 0.4) is 0 Å². The van der Waals surface area contributed by atoms with E-state index in [-0.39, 0.29) is 0 Å². The number of aromatic carboxylic acids is 1. The molecule has 0 fully saturated rings. The first-order valence-corrected chi connectivity index (χ1v) is 5.23. The number of aromatic hydroxyl groups is 1. The third-order valence-corrected chi connectivity index (χ3v) is 2.42. The van der Waals surface area contributed by atoms with E-state index < -0.39 is 22.8 Å². The Bertz CT molecular complexity index is 693. The van der Waals surface area contributed by atoms with E-state index in [9.17, 15) is 14.7 Å². The topological polar surface area (TPSA) is 102 Å². The lowest BCUT2D eigenvalue weighted by atomic mass is 10.3. The van der Waals surface area contributed by atoms with E-state index >= 15 is 0 Å². The number of carboxylic acid groups (broad SMARTS) is 1. The van der Waals surface area contributed by atoms with Crippen LogP contribution >= 0.6 is 0 Å². The molecule has 1 aromatic heterocycles.